The second-order valence-electron chi connectivity index (χ2n) is 6.10. The molecule has 1 aromatic heterocycles. The average molecular weight is 394 g/mol. The van der Waals surface area contributed by atoms with Gasteiger partial charge in [-0.25, -0.2) is 0 Å². The standard InChI is InChI=1S/C18H17F3N4OS/c1-12(2)14-5-3-13(4-6-14)11-27-17-22-23-24-25(17)15-7-9-16(10-8-15)26-18(19,20)21/h3-10,12H,11H2,1-2H3. The Morgan fingerprint density at radius 1 is 1.04 bits per heavy atom. The van der Waals surface area contributed by atoms with Crippen LogP contribution in [0, 0.1) is 0 Å². The molecule has 9 heteroatoms. The van der Waals surface area contributed by atoms with Gasteiger partial charge < -0.3 is 4.74 Å². The summed E-state index contributed by atoms with van der Waals surface area (Å²) in [4.78, 5) is 0. The SMILES string of the molecule is CC(C)c1ccc(CSc2nnnn2-c2ccc(OC(F)(F)F)cc2)cc1. The molecule has 3 rings (SSSR count). The van der Waals surface area contributed by atoms with E-state index in [4.69, 9.17) is 0 Å². The molecule has 0 fully saturated rings. The van der Waals surface area contributed by atoms with Crippen molar-refractivity contribution < 1.29 is 17.9 Å². The third-order valence-corrected chi connectivity index (χ3v) is 4.76. The van der Waals surface area contributed by atoms with Crippen molar-refractivity contribution in [1.82, 2.24) is 20.2 Å². The third-order valence-electron chi connectivity index (χ3n) is 3.77. The molecule has 5 nitrogen and oxygen atoms in total. The molecule has 0 saturated heterocycles. The van der Waals surface area contributed by atoms with Crippen LogP contribution < -0.4 is 4.74 Å². The summed E-state index contributed by atoms with van der Waals surface area (Å²) in [6.45, 7) is 4.28. The van der Waals surface area contributed by atoms with Gasteiger partial charge in [0.05, 0.1) is 5.69 Å². The van der Waals surface area contributed by atoms with Crippen molar-refractivity contribution in [3.05, 3.63) is 59.7 Å². The van der Waals surface area contributed by atoms with E-state index >= 15 is 0 Å². The Bertz CT molecular complexity index is 877. The van der Waals surface area contributed by atoms with Gasteiger partial charge in [-0.1, -0.05) is 49.9 Å². The summed E-state index contributed by atoms with van der Waals surface area (Å²) in [6, 6.07) is 13.7. The first kappa shape index (κ1) is 19.2. The quantitative estimate of drug-likeness (QED) is 0.552. The number of hydrogen-bond acceptors (Lipinski definition) is 5. The molecule has 0 unspecified atom stereocenters. The molecule has 27 heavy (non-hydrogen) atoms. The van der Waals surface area contributed by atoms with Crippen LogP contribution in [-0.2, 0) is 5.75 Å². The smallest absolute Gasteiger partial charge is 0.406 e. The summed E-state index contributed by atoms with van der Waals surface area (Å²) in [7, 11) is 0. The lowest BCUT2D eigenvalue weighted by atomic mass is 10.0. The molecule has 0 radical (unpaired) electrons. The summed E-state index contributed by atoms with van der Waals surface area (Å²) in [6.07, 6.45) is -4.72. The van der Waals surface area contributed by atoms with E-state index in [1.807, 2.05) is 0 Å². The van der Waals surface area contributed by atoms with Crippen molar-refractivity contribution in [2.24, 2.45) is 0 Å². The predicted molar refractivity (Wildman–Crippen MR) is 95.9 cm³/mol. The van der Waals surface area contributed by atoms with Crippen LogP contribution in [0.25, 0.3) is 5.69 Å². The Labute approximate surface area is 158 Å². The van der Waals surface area contributed by atoms with Gasteiger partial charge in [-0.05, 0) is 51.7 Å². The zero-order valence-corrected chi connectivity index (χ0v) is 15.5. The molecule has 0 aliphatic heterocycles. The number of alkyl halides is 3. The molecule has 0 aliphatic rings. The summed E-state index contributed by atoms with van der Waals surface area (Å²) < 4.78 is 42.1. The molecule has 0 spiro atoms. The van der Waals surface area contributed by atoms with Crippen molar-refractivity contribution in [3.63, 3.8) is 0 Å². The van der Waals surface area contributed by atoms with Gasteiger partial charge in [0.2, 0.25) is 5.16 Å². The lowest BCUT2D eigenvalue weighted by molar-refractivity contribution is -0.274. The highest BCUT2D eigenvalue weighted by Crippen LogP contribution is 2.26. The van der Waals surface area contributed by atoms with Crippen LogP contribution >= 0.6 is 11.8 Å². The lowest BCUT2D eigenvalue weighted by Gasteiger charge is -2.10. The normalized spacial score (nSPS) is 11.8. The summed E-state index contributed by atoms with van der Waals surface area (Å²) in [5, 5.41) is 12.1. The number of halogens is 3. The number of aromatic nitrogens is 4. The summed E-state index contributed by atoms with van der Waals surface area (Å²) >= 11 is 1.45. The molecule has 0 atom stereocenters. The first-order valence-corrected chi connectivity index (χ1v) is 9.16. The minimum absolute atomic E-state index is 0.293. The molecule has 0 amide bonds. The van der Waals surface area contributed by atoms with Gasteiger partial charge in [-0.15, -0.1) is 18.3 Å². The van der Waals surface area contributed by atoms with Crippen LogP contribution in [0.4, 0.5) is 13.2 Å². The van der Waals surface area contributed by atoms with Crippen LogP contribution in [0.5, 0.6) is 5.75 Å². The van der Waals surface area contributed by atoms with Crippen LogP contribution in [0.1, 0.15) is 30.9 Å². The Balaban J connectivity index is 1.68. The molecule has 0 saturated carbocycles. The van der Waals surface area contributed by atoms with Crippen molar-refractivity contribution in [2.75, 3.05) is 0 Å². The van der Waals surface area contributed by atoms with Gasteiger partial charge in [0.1, 0.15) is 5.75 Å². The molecular weight excluding hydrogens is 377 g/mol. The van der Waals surface area contributed by atoms with E-state index < -0.39 is 6.36 Å². The number of tetrazole rings is 1. The minimum Gasteiger partial charge on any atom is -0.406 e. The Morgan fingerprint density at radius 3 is 2.30 bits per heavy atom. The largest absolute Gasteiger partial charge is 0.573 e. The highest BCUT2D eigenvalue weighted by Gasteiger charge is 2.31. The highest BCUT2D eigenvalue weighted by atomic mass is 32.2. The molecule has 3 aromatic rings. The van der Waals surface area contributed by atoms with E-state index in [0.29, 0.717) is 22.5 Å². The number of thioether (sulfide) groups is 1. The number of hydrogen-bond donors (Lipinski definition) is 0. The molecular formula is C18H17F3N4OS. The fraction of sp³-hybridized carbons (Fsp3) is 0.278. The van der Waals surface area contributed by atoms with E-state index in [9.17, 15) is 13.2 Å². The predicted octanol–water partition coefficient (Wildman–Crippen LogP) is 4.98. The molecule has 0 bridgehead atoms. The number of rotatable bonds is 6. The monoisotopic (exact) mass is 394 g/mol. The maximum atomic E-state index is 12.2. The second-order valence-corrected chi connectivity index (χ2v) is 7.04. The van der Waals surface area contributed by atoms with Gasteiger partial charge in [0, 0.05) is 5.75 Å². The zero-order valence-electron chi connectivity index (χ0n) is 14.6. The van der Waals surface area contributed by atoms with E-state index in [1.54, 1.807) is 0 Å². The first-order valence-electron chi connectivity index (χ1n) is 8.18. The highest BCUT2D eigenvalue weighted by molar-refractivity contribution is 7.98. The molecule has 0 aliphatic carbocycles. The molecule has 0 N–H and O–H groups in total. The maximum absolute atomic E-state index is 12.2. The molecule has 142 valence electrons. The number of nitrogens with zero attached hydrogens (tertiary/aromatic N) is 4. The second kappa shape index (κ2) is 7.99. The zero-order chi connectivity index (χ0) is 19.4. The van der Waals surface area contributed by atoms with Gasteiger partial charge in [0.15, 0.2) is 0 Å². The van der Waals surface area contributed by atoms with Crippen molar-refractivity contribution in [1.29, 1.82) is 0 Å². The van der Waals surface area contributed by atoms with Crippen molar-refractivity contribution >= 4 is 11.8 Å². The minimum atomic E-state index is -4.72. The summed E-state index contributed by atoms with van der Waals surface area (Å²) in [5.41, 5.74) is 2.95. The average Bonchev–Trinajstić information content (AvgIpc) is 3.08. The maximum Gasteiger partial charge on any atom is 0.573 e. The fourth-order valence-corrected chi connectivity index (χ4v) is 3.21. The molecule has 2 aromatic carbocycles. The van der Waals surface area contributed by atoms with Crippen LogP contribution in [-0.4, -0.2) is 26.6 Å². The van der Waals surface area contributed by atoms with E-state index in [0.717, 1.165) is 5.56 Å². The van der Waals surface area contributed by atoms with Crippen LogP contribution in [0.15, 0.2) is 53.7 Å². The topological polar surface area (TPSA) is 52.8 Å². The van der Waals surface area contributed by atoms with Crippen LogP contribution in [0.2, 0.25) is 0 Å². The van der Waals surface area contributed by atoms with Crippen molar-refractivity contribution in [2.45, 2.75) is 37.0 Å². The fourth-order valence-electron chi connectivity index (χ4n) is 2.37. The van der Waals surface area contributed by atoms with E-state index in [2.05, 4.69) is 58.4 Å². The summed E-state index contributed by atoms with van der Waals surface area (Å²) in [5.74, 6) is 0.857. The van der Waals surface area contributed by atoms with Crippen molar-refractivity contribution in [3.8, 4) is 11.4 Å². The van der Waals surface area contributed by atoms with E-state index in [-0.39, 0.29) is 5.75 Å². The third kappa shape index (κ3) is 5.22. The van der Waals surface area contributed by atoms with Gasteiger partial charge in [0.25, 0.3) is 0 Å². The van der Waals surface area contributed by atoms with Gasteiger partial charge in [-0.3, -0.25) is 0 Å². The Hall–Kier alpha value is -2.55. The van der Waals surface area contributed by atoms with E-state index in [1.165, 1.54) is 46.3 Å². The number of ether oxygens (including phenoxy) is 1. The van der Waals surface area contributed by atoms with Gasteiger partial charge in [-0.2, -0.15) is 4.68 Å². The molecule has 1 heterocycles. The van der Waals surface area contributed by atoms with Gasteiger partial charge >= 0.3 is 6.36 Å². The number of benzene rings is 2. The van der Waals surface area contributed by atoms with Crippen LogP contribution in [0.3, 0.4) is 0 Å². The Morgan fingerprint density at radius 2 is 1.70 bits per heavy atom. The first-order chi connectivity index (χ1) is 12.8. The Kier molecular flexibility index (Phi) is 5.69. The lowest BCUT2D eigenvalue weighted by Crippen LogP contribution is -2.17.